The van der Waals surface area contributed by atoms with E-state index in [0.717, 1.165) is 35.5 Å². The van der Waals surface area contributed by atoms with Crippen molar-refractivity contribution >= 4 is 18.3 Å². The lowest BCUT2D eigenvalue weighted by Gasteiger charge is -2.17. The maximum atomic E-state index is 11.2. The van der Waals surface area contributed by atoms with Crippen LogP contribution >= 0.6 is 0 Å². The van der Waals surface area contributed by atoms with E-state index in [9.17, 15) is 9.90 Å². The molecular formula is C12H12N2O2. The summed E-state index contributed by atoms with van der Waals surface area (Å²) < 4.78 is 0. The summed E-state index contributed by atoms with van der Waals surface area (Å²) in [5, 5.41) is 9.22. The maximum Gasteiger partial charge on any atom is 0.311 e. The molecule has 0 aromatic carbocycles. The number of hydrogen-bond acceptors (Lipinski definition) is 2. The van der Waals surface area contributed by atoms with Gasteiger partial charge in [-0.15, -0.1) is 0 Å². The molecule has 1 aromatic heterocycles. The zero-order valence-corrected chi connectivity index (χ0v) is 8.73. The molecular weight excluding hydrogens is 204 g/mol. The Balaban J connectivity index is 2.19. The van der Waals surface area contributed by atoms with E-state index in [1.165, 1.54) is 0 Å². The number of aromatic amines is 1. The van der Waals surface area contributed by atoms with Crippen LogP contribution in [0.2, 0.25) is 0 Å². The molecule has 0 amide bonds. The molecule has 1 aromatic rings. The molecule has 0 radical (unpaired) electrons. The summed E-state index contributed by atoms with van der Waals surface area (Å²) >= 11 is 0. The molecule has 0 bridgehead atoms. The van der Waals surface area contributed by atoms with E-state index in [-0.39, 0.29) is 0 Å². The molecule has 3 rings (SSSR count). The Morgan fingerprint density at radius 1 is 1.50 bits per heavy atom. The molecule has 1 aliphatic carbocycles. The topological polar surface area (TPSA) is 65.4 Å². The van der Waals surface area contributed by atoms with Crippen molar-refractivity contribution in [3.63, 3.8) is 0 Å². The Hall–Kier alpha value is -1.84. The monoisotopic (exact) mass is 216 g/mol. The van der Waals surface area contributed by atoms with Crippen molar-refractivity contribution in [1.29, 1.82) is 0 Å². The normalized spacial score (nSPS) is 21.6. The van der Waals surface area contributed by atoms with Crippen LogP contribution in [0, 0.1) is 0 Å². The van der Waals surface area contributed by atoms with Gasteiger partial charge in [-0.1, -0.05) is 6.08 Å². The summed E-state index contributed by atoms with van der Waals surface area (Å²) in [5.41, 5.74) is 4.03. The van der Waals surface area contributed by atoms with E-state index < -0.39 is 11.9 Å². The predicted octanol–water partition coefficient (Wildman–Crippen LogP) is 1.57. The van der Waals surface area contributed by atoms with E-state index in [2.05, 4.69) is 9.98 Å². The van der Waals surface area contributed by atoms with Crippen molar-refractivity contribution in [1.82, 2.24) is 4.98 Å². The molecule has 82 valence electrons. The number of hydrogen-bond donors (Lipinski definition) is 2. The predicted molar refractivity (Wildman–Crippen MR) is 61.0 cm³/mol. The van der Waals surface area contributed by atoms with E-state index in [1.54, 1.807) is 0 Å². The van der Waals surface area contributed by atoms with Crippen LogP contribution in [0.25, 0.3) is 6.08 Å². The number of carbonyl (C=O) groups is 1. The fourth-order valence-corrected chi connectivity index (χ4v) is 2.50. The van der Waals surface area contributed by atoms with Crippen LogP contribution < -0.4 is 0 Å². The van der Waals surface area contributed by atoms with Crippen LogP contribution in [-0.4, -0.2) is 28.8 Å². The highest BCUT2D eigenvalue weighted by molar-refractivity contribution is 5.87. The van der Waals surface area contributed by atoms with Gasteiger partial charge in [-0.3, -0.25) is 9.79 Å². The summed E-state index contributed by atoms with van der Waals surface area (Å²) in [6, 6.07) is 0. The van der Waals surface area contributed by atoms with Crippen LogP contribution in [0.3, 0.4) is 0 Å². The number of allylic oxidation sites excluding steroid dienone is 1. The number of aromatic nitrogens is 1. The number of nitrogens with zero attached hydrogens (tertiary/aromatic N) is 1. The lowest BCUT2D eigenvalue weighted by atomic mass is 9.87. The summed E-state index contributed by atoms with van der Waals surface area (Å²) in [7, 11) is 0. The van der Waals surface area contributed by atoms with Gasteiger partial charge in [0.25, 0.3) is 0 Å². The Kier molecular flexibility index (Phi) is 1.96. The van der Waals surface area contributed by atoms with Gasteiger partial charge < -0.3 is 10.1 Å². The minimum Gasteiger partial charge on any atom is -0.481 e. The molecule has 2 N–H and O–H groups in total. The average molecular weight is 216 g/mol. The first kappa shape index (κ1) is 9.39. The Morgan fingerprint density at radius 2 is 2.38 bits per heavy atom. The average Bonchev–Trinajstić information content (AvgIpc) is 2.66. The first-order valence-corrected chi connectivity index (χ1v) is 5.41. The van der Waals surface area contributed by atoms with Gasteiger partial charge in [-0.05, 0) is 30.0 Å². The van der Waals surface area contributed by atoms with Crippen molar-refractivity contribution < 1.29 is 9.90 Å². The third-order valence-electron chi connectivity index (χ3n) is 3.22. The van der Waals surface area contributed by atoms with Gasteiger partial charge in [0.1, 0.15) is 0 Å². The molecule has 1 atom stereocenters. The summed E-state index contributed by atoms with van der Waals surface area (Å²) in [5.74, 6) is -1.14. The SMILES string of the molecule is O=C(O)C1CC=Cc2[nH]c3c(c21)CCN=C3. The minimum absolute atomic E-state index is 0.397. The standard InChI is InChI=1S/C12H12N2O2/c15-12(16)8-2-1-3-9-11(8)7-4-5-13-6-10(7)14-9/h1,3,6,8,14H,2,4-5H2,(H,15,16). The summed E-state index contributed by atoms with van der Waals surface area (Å²) in [4.78, 5) is 18.7. The molecule has 1 aliphatic heterocycles. The summed E-state index contributed by atoms with van der Waals surface area (Å²) in [6.07, 6.45) is 7.13. The number of aliphatic imine (C=N–C) groups is 1. The molecule has 0 fully saturated rings. The van der Waals surface area contributed by atoms with Crippen LogP contribution in [0.4, 0.5) is 0 Å². The molecule has 4 nitrogen and oxygen atoms in total. The lowest BCUT2D eigenvalue weighted by Crippen LogP contribution is -2.16. The zero-order chi connectivity index (χ0) is 11.1. The van der Waals surface area contributed by atoms with Crippen LogP contribution in [0.5, 0.6) is 0 Å². The van der Waals surface area contributed by atoms with Gasteiger partial charge in [-0.2, -0.15) is 0 Å². The second-order valence-corrected chi connectivity index (χ2v) is 4.16. The van der Waals surface area contributed by atoms with Crippen molar-refractivity contribution in [3.8, 4) is 0 Å². The van der Waals surface area contributed by atoms with Crippen molar-refractivity contribution in [2.24, 2.45) is 4.99 Å². The second-order valence-electron chi connectivity index (χ2n) is 4.16. The molecule has 0 saturated carbocycles. The smallest absolute Gasteiger partial charge is 0.311 e. The lowest BCUT2D eigenvalue weighted by molar-refractivity contribution is -0.138. The van der Waals surface area contributed by atoms with Crippen LogP contribution in [-0.2, 0) is 11.2 Å². The van der Waals surface area contributed by atoms with Gasteiger partial charge in [0, 0.05) is 18.5 Å². The van der Waals surface area contributed by atoms with E-state index in [1.807, 2.05) is 18.4 Å². The number of fused-ring (bicyclic) bond motifs is 3. The molecule has 1 unspecified atom stereocenters. The highest BCUT2D eigenvalue weighted by Crippen LogP contribution is 2.35. The fraction of sp³-hybridized carbons (Fsp3) is 0.333. The van der Waals surface area contributed by atoms with Gasteiger partial charge in [-0.25, -0.2) is 0 Å². The molecule has 0 spiro atoms. The van der Waals surface area contributed by atoms with E-state index in [4.69, 9.17) is 0 Å². The number of carboxylic acid groups (broad SMARTS) is 1. The summed E-state index contributed by atoms with van der Waals surface area (Å²) in [6.45, 7) is 0.757. The maximum absolute atomic E-state index is 11.2. The third-order valence-corrected chi connectivity index (χ3v) is 3.22. The number of H-pyrrole nitrogens is 1. The molecule has 2 aliphatic rings. The van der Waals surface area contributed by atoms with Crippen molar-refractivity contribution in [2.75, 3.05) is 6.54 Å². The van der Waals surface area contributed by atoms with Crippen LogP contribution in [0.15, 0.2) is 11.1 Å². The number of aliphatic carboxylic acids is 1. The highest BCUT2D eigenvalue weighted by atomic mass is 16.4. The Labute approximate surface area is 92.7 Å². The van der Waals surface area contributed by atoms with Gasteiger partial charge in [0.15, 0.2) is 0 Å². The first-order valence-electron chi connectivity index (χ1n) is 5.41. The Bertz CT molecular complexity index is 511. The highest BCUT2D eigenvalue weighted by Gasteiger charge is 2.29. The van der Waals surface area contributed by atoms with E-state index >= 15 is 0 Å². The molecule has 2 heterocycles. The number of carboxylic acids is 1. The molecule has 16 heavy (non-hydrogen) atoms. The zero-order valence-electron chi connectivity index (χ0n) is 8.73. The molecule has 0 saturated heterocycles. The number of rotatable bonds is 1. The van der Waals surface area contributed by atoms with Crippen molar-refractivity contribution in [3.05, 3.63) is 28.6 Å². The first-order chi connectivity index (χ1) is 7.77. The van der Waals surface area contributed by atoms with Crippen molar-refractivity contribution in [2.45, 2.75) is 18.8 Å². The van der Waals surface area contributed by atoms with Crippen LogP contribution in [0.1, 0.15) is 34.9 Å². The van der Waals surface area contributed by atoms with E-state index in [0.29, 0.717) is 6.42 Å². The minimum atomic E-state index is -0.741. The van der Waals surface area contributed by atoms with Gasteiger partial charge >= 0.3 is 5.97 Å². The largest absolute Gasteiger partial charge is 0.481 e. The molecule has 4 heteroatoms. The van der Waals surface area contributed by atoms with Gasteiger partial charge in [0.05, 0.1) is 11.6 Å². The number of nitrogens with one attached hydrogen (secondary N) is 1. The third kappa shape index (κ3) is 1.23. The van der Waals surface area contributed by atoms with Gasteiger partial charge in [0.2, 0.25) is 0 Å². The quantitative estimate of drug-likeness (QED) is 0.748. The Morgan fingerprint density at radius 3 is 3.19 bits per heavy atom. The second kappa shape index (κ2) is 3.33. The fourth-order valence-electron chi connectivity index (χ4n) is 2.50.